The Bertz CT molecular complexity index is 966. The Balaban J connectivity index is 1.83. The van der Waals surface area contributed by atoms with Crippen LogP contribution in [0.2, 0.25) is 5.02 Å². The van der Waals surface area contributed by atoms with Crippen LogP contribution in [-0.4, -0.2) is 29.5 Å². The lowest BCUT2D eigenvalue weighted by Crippen LogP contribution is -2.28. The van der Waals surface area contributed by atoms with Crippen molar-refractivity contribution in [2.75, 3.05) is 6.61 Å². The molecule has 1 aromatic carbocycles. The van der Waals surface area contributed by atoms with Gasteiger partial charge in [0.2, 0.25) is 11.8 Å². The average molecular weight is 405 g/mol. The third-order valence-electron chi connectivity index (χ3n) is 4.00. The molecule has 0 bridgehead atoms. The number of halogens is 2. The molecule has 0 fully saturated rings. The fourth-order valence-corrected chi connectivity index (χ4v) is 2.80. The zero-order valence-electron chi connectivity index (χ0n) is 14.9. The number of hydrogen-bond donors (Lipinski definition) is 1. The molecule has 10 heteroatoms. The van der Waals surface area contributed by atoms with Crippen LogP contribution in [0.25, 0.3) is 0 Å². The van der Waals surface area contributed by atoms with E-state index in [1.54, 1.807) is 0 Å². The molecule has 0 atom stereocenters. The van der Waals surface area contributed by atoms with E-state index < -0.39 is 12.9 Å². The van der Waals surface area contributed by atoms with Crippen LogP contribution < -0.4 is 14.9 Å². The van der Waals surface area contributed by atoms with Gasteiger partial charge < -0.3 is 23.9 Å². The number of benzene rings is 1. The van der Waals surface area contributed by atoms with Gasteiger partial charge in [0, 0.05) is 6.42 Å². The molecule has 0 unspecified atom stereocenters. The van der Waals surface area contributed by atoms with Crippen LogP contribution in [0.1, 0.15) is 30.9 Å². The fraction of sp³-hybridized carbons (Fsp3) is 0.278. The highest BCUT2D eigenvalue weighted by atomic mass is 35.5. The van der Waals surface area contributed by atoms with Gasteiger partial charge in [-0.1, -0.05) is 11.6 Å². The van der Waals surface area contributed by atoms with Crippen molar-refractivity contribution >= 4 is 30.0 Å². The number of rotatable bonds is 7. The van der Waals surface area contributed by atoms with Gasteiger partial charge in [0.25, 0.3) is 0 Å². The molecule has 7 nitrogen and oxygen atoms in total. The number of carbonyl (C=O) groups is 1. The van der Waals surface area contributed by atoms with E-state index in [1.165, 1.54) is 19.1 Å². The highest BCUT2D eigenvalue weighted by Gasteiger charge is 2.29. The van der Waals surface area contributed by atoms with E-state index in [4.69, 9.17) is 25.7 Å². The van der Waals surface area contributed by atoms with E-state index in [9.17, 15) is 19.5 Å². The summed E-state index contributed by atoms with van der Waals surface area (Å²) in [5, 5.41) is 18.9. The number of ketones is 1. The number of nitriles is 1. The van der Waals surface area contributed by atoms with Crippen molar-refractivity contribution in [3.8, 4) is 23.6 Å². The van der Waals surface area contributed by atoms with E-state index in [1.807, 2.05) is 6.07 Å². The second-order valence-electron chi connectivity index (χ2n) is 6.14. The van der Waals surface area contributed by atoms with Gasteiger partial charge >= 0.3 is 7.12 Å². The number of carbonyl (C=O) groups excluding carboxylic acids is 1. The molecule has 0 aliphatic carbocycles. The van der Waals surface area contributed by atoms with Crippen LogP contribution >= 0.6 is 11.6 Å². The third kappa shape index (κ3) is 4.42. The Morgan fingerprint density at radius 2 is 2.25 bits per heavy atom. The Morgan fingerprint density at radius 1 is 1.46 bits per heavy atom. The summed E-state index contributed by atoms with van der Waals surface area (Å²) in [5.41, 5.74) is 0.999. The van der Waals surface area contributed by atoms with Crippen LogP contribution in [0.15, 0.2) is 18.2 Å². The topological polar surface area (TPSA) is 102 Å². The minimum Gasteiger partial charge on any atom is -0.477 e. The summed E-state index contributed by atoms with van der Waals surface area (Å²) in [6.07, 6.45) is 0.801. The summed E-state index contributed by atoms with van der Waals surface area (Å²) in [4.78, 5) is 15.1. The first-order valence-electron chi connectivity index (χ1n) is 8.41. The standard InChI is InChI=1S/C18H15BClFN2O5/c1-10(24)3-2-4-26-17-11(8-22)5-14(20)18(23-17)28-16-6-12-9-27-19(25)13(12)7-15(16)21/h5-7,25H,2-4,9H2,1H3. The van der Waals surface area contributed by atoms with Crippen LogP contribution in [0.5, 0.6) is 17.5 Å². The molecule has 28 heavy (non-hydrogen) atoms. The van der Waals surface area contributed by atoms with Crippen molar-refractivity contribution in [1.29, 1.82) is 5.26 Å². The van der Waals surface area contributed by atoms with Gasteiger partial charge in [0.05, 0.1) is 13.2 Å². The molecule has 1 aliphatic rings. The van der Waals surface area contributed by atoms with Gasteiger partial charge in [-0.3, -0.25) is 0 Å². The lowest BCUT2D eigenvalue weighted by molar-refractivity contribution is -0.117. The van der Waals surface area contributed by atoms with Crippen LogP contribution in [0.3, 0.4) is 0 Å². The molecule has 1 N–H and O–H groups in total. The molecule has 0 amide bonds. The van der Waals surface area contributed by atoms with E-state index in [2.05, 4.69) is 4.98 Å². The molecule has 0 radical (unpaired) electrons. The predicted molar refractivity (Wildman–Crippen MR) is 98.2 cm³/mol. The maximum absolute atomic E-state index is 14.3. The SMILES string of the molecule is CC(=O)CCCOc1nc(Oc2cc3c(cc2F)B(O)OC3)c(Cl)cc1C#N. The van der Waals surface area contributed by atoms with Crippen LogP contribution in [0, 0.1) is 17.1 Å². The largest absolute Gasteiger partial charge is 0.491 e. The predicted octanol–water partition coefficient (Wildman–Crippen LogP) is 2.50. The quantitative estimate of drug-likeness (QED) is 0.559. The Kier molecular flexibility index (Phi) is 6.14. The summed E-state index contributed by atoms with van der Waals surface area (Å²) < 4.78 is 30.3. The summed E-state index contributed by atoms with van der Waals surface area (Å²) >= 11 is 6.10. The van der Waals surface area contributed by atoms with E-state index >= 15 is 0 Å². The number of Topliss-reactive ketones (excluding diaryl/α,β-unsaturated/α-hetero) is 1. The number of nitrogens with zero attached hydrogens (tertiary/aromatic N) is 2. The maximum Gasteiger partial charge on any atom is 0.491 e. The number of pyridine rings is 1. The number of hydrogen-bond acceptors (Lipinski definition) is 7. The van der Waals surface area contributed by atoms with Gasteiger partial charge in [-0.2, -0.15) is 10.2 Å². The molecule has 144 valence electrons. The van der Waals surface area contributed by atoms with Crippen molar-refractivity contribution in [2.45, 2.75) is 26.4 Å². The van der Waals surface area contributed by atoms with Gasteiger partial charge in [-0.25, -0.2) is 4.39 Å². The first-order chi connectivity index (χ1) is 13.4. The summed E-state index contributed by atoms with van der Waals surface area (Å²) in [6, 6.07) is 5.74. The summed E-state index contributed by atoms with van der Waals surface area (Å²) in [6.45, 7) is 1.76. The molecule has 2 heterocycles. The Morgan fingerprint density at radius 3 is 2.96 bits per heavy atom. The summed E-state index contributed by atoms with van der Waals surface area (Å²) in [5.74, 6) is -1.02. The van der Waals surface area contributed by atoms with Crippen LogP contribution in [-0.2, 0) is 16.1 Å². The molecule has 3 rings (SSSR count). The maximum atomic E-state index is 14.3. The van der Waals surface area contributed by atoms with Gasteiger partial charge in [0.15, 0.2) is 11.6 Å². The highest BCUT2D eigenvalue weighted by Crippen LogP contribution is 2.33. The summed E-state index contributed by atoms with van der Waals surface area (Å²) in [7, 11) is -1.18. The molecule has 0 saturated carbocycles. The van der Waals surface area contributed by atoms with Crippen molar-refractivity contribution < 1.29 is 28.3 Å². The third-order valence-corrected chi connectivity index (χ3v) is 4.28. The first-order valence-corrected chi connectivity index (χ1v) is 8.79. The normalized spacial score (nSPS) is 12.5. The molecule has 2 aromatic rings. The number of ether oxygens (including phenoxy) is 2. The van der Waals surface area contributed by atoms with Crippen molar-refractivity contribution in [3.05, 3.63) is 40.2 Å². The monoisotopic (exact) mass is 404 g/mol. The lowest BCUT2D eigenvalue weighted by atomic mass is 9.79. The Hall–Kier alpha value is -2.67. The molecule has 0 saturated heterocycles. The minimum atomic E-state index is -1.18. The highest BCUT2D eigenvalue weighted by molar-refractivity contribution is 6.61. The number of fused-ring (bicyclic) bond motifs is 1. The van der Waals surface area contributed by atoms with E-state index in [-0.39, 0.29) is 47.1 Å². The average Bonchev–Trinajstić information content (AvgIpc) is 3.00. The van der Waals surface area contributed by atoms with Gasteiger partial charge in [-0.15, -0.1) is 0 Å². The van der Waals surface area contributed by atoms with Crippen molar-refractivity contribution in [1.82, 2.24) is 4.98 Å². The smallest absolute Gasteiger partial charge is 0.477 e. The van der Waals surface area contributed by atoms with Crippen molar-refractivity contribution in [2.24, 2.45) is 0 Å². The second-order valence-corrected chi connectivity index (χ2v) is 6.55. The Labute approximate surface area is 165 Å². The zero-order chi connectivity index (χ0) is 20.3. The molecular weight excluding hydrogens is 389 g/mol. The molecule has 1 aliphatic heterocycles. The molecular formula is C18H15BClFN2O5. The fourth-order valence-electron chi connectivity index (χ4n) is 2.61. The molecule has 0 spiro atoms. The first kappa shape index (κ1) is 20.1. The minimum absolute atomic E-state index is 0.00354. The van der Waals surface area contributed by atoms with Crippen LogP contribution in [0.4, 0.5) is 4.39 Å². The lowest BCUT2D eigenvalue weighted by Gasteiger charge is -2.12. The van der Waals surface area contributed by atoms with E-state index in [0.717, 1.165) is 6.07 Å². The number of aromatic nitrogens is 1. The molecule has 1 aromatic heterocycles. The van der Waals surface area contributed by atoms with E-state index in [0.29, 0.717) is 23.9 Å². The van der Waals surface area contributed by atoms with Gasteiger partial charge in [0.1, 0.15) is 22.4 Å². The van der Waals surface area contributed by atoms with Gasteiger partial charge in [-0.05, 0) is 42.6 Å². The zero-order valence-corrected chi connectivity index (χ0v) is 15.6. The second kappa shape index (κ2) is 8.56. The van der Waals surface area contributed by atoms with Crippen molar-refractivity contribution in [3.63, 3.8) is 0 Å².